The second kappa shape index (κ2) is 11.0. The maximum atomic E-state index is 12.8. The van der Waals surface area contributed by atoms with Crippen molar-refractivity contribution in [3.63, 3.8) is 0 Å². The monoisotopic (exact) mass is 498 g/mol. The van der Waals surface area contributed by atoms with Gasteiger partial charge < -0.3 is 15.4 Å². The summed E-state index contributed by atoms with van der Waals surface area (Å²) in [7, 11) is 0. The van der Waals surface area contributed by atoms with Crippen molar-refractivity contribution < 1.29 is 14.1 Å². The van der Waals surface area contributed by atoms with E-state index in [1.807, 2.05) is 12.1 Å². The van der Waals surface area contributed by atoms with Crippen molar-refractivity contribution in [3.05, 3.63) is 74.2 Å². The van der Waals surface area contributed by atoms with Crippen molar-refractivity contribution in [2.75, 3.05) is 19.7 Å². The van der Waals surface area contributed by atoms with Gasteiger partial charge in [0.05, 0.1) is 29.1 Å². The lowest BCUT2D eigenvalue weighted by molar-refractivity contribution is -0.122. The van der Waals surface area contributed by atoms with Gasteiger partial charge in [-0.2, -0.15) is 0 Å². The Morgan fingerprint density at radius 2 is 2.03 bits per heavy atom. The lowest BCUT2D eigenvalue weighted by Crippen LogP contribution is -2.45. The fraction of sp³-hybridized carbons (Fsp3) is 0.286. The number of ether oxygens (including phenoxy) is 1. The number of nitrogens with one attached hydrogen (secondary N) is 3. The highest BCUT2D eigenvalue weighted by molar-refractivity contribution is 6.42. The minimum absolute atomic E-state index is 0. The molecule has 170 valence electrons. The van der Waals surface area contributed by atoms with Gasteiger partial charge in [-0.05, 0) is 29.3 Å². The normalized spacial score (nSPS) is 18.4. The number of hydrogen-bond donors (Lipinski definition) is 3. The Balaban J connectivity index is 0.00000289. The molecule has 1 aliphatic rings. The van der Waals surface area contributed by atoms with Crippen LogP contribution >= 0.6 is 35.6 Å². The molecule has 2 atom stereocenters. The first kappa shape index (κ1) is 24.3. The van der Waals surface area contributed by atoms with Gasteiger partial charge >= 0.3 is 5.76 Å². The number of carbonyl (C=O) groups is 1. The first-order chi connectivity index (χ1) is 15.0. The first-order valence-corrected chi connectivity index (χ1v) is 10.5. The number of aromatic amines is 1. The Labute approximate surface area is 200 Å². The number of hydrogen-bond acceptors (Lipinski definition) is 6. The molecule has 11 heteroatoms. The topological polar surface area (TPSA) is 109 Å². The number of carbonyl (C=O) groups excluding carboxylic acids is 1. The number of halogens is 3. The maximum absolute atomic E-state index is 12.8. The minimum Gasteiger partial charge on any atom is -0.370 e. The van der Waals surface area contributed by atoms with Gasteiger partial charge in [0.2, 0.25) is 5.91 Å². The van der Waals surface area contributed by atoms with E-state index in [1.54, 1.807) is 30.3 Å². The summed E-state index contributed by atoms with van der Waals surface area (Å²) in [6, 6.07) is 12.2. The summed E-state index contributed by atoms with van der Waals surface area (Å²) in [5, 5.41) is 10.9. The SMILES string of the molecule is Cl.O=C(Cc1cccc(-c2noc(=O)[nH]2)c1)N[C@@H]1CNCCO[C@H]1c1ccc(Cl)c(Cl)c1. The van der Waals surface area contributed by atoms with Gasteiger partial charge in [-0.3, -0.25) is 14.3 Å². The van der Waals surface area contributed by atoms with Gasteiger partial charge in [0.1, 0.15) is 6.10 Å². The summed E-state index contributed by atoms with van der Waals surface area (Å²) >= 11 is 12.2. The molecule has 1 fully saturated rings. The van der Waals surface area contributed by atoms with Crippen LogP contribution in [0.3, 0.4) is 0 Å². The molecule has 1 amide bonds. The zero-order valence-corrected chi connectivity index (χ0v) is 19.1. The van der Waals surface area contributed by atoms with Crippen LogP contribution in [0.2, 0.25) is 10.0 Å². The second-order valence-corrected chi connectivity index (χ2v) is 7.98. The van der Waals surface area contributed by atoms with Crippen LogP contribution in [0.5, 0.6) is 0 Å². The fourth-order valence-corrected chi connectivity index (χ4v) is 3.82. The van der Waals surface area contributed by atoms with Crippen LogP contribution in [0.15, 0.2) is 51.8 Å². The van der Waals surface area contributed by atoms with Crippen molar-refractivity contribution in [2.45, 2.75) is 18.6 Å². The second-order valence-electron chi connectivity index (χ2n) is 7.16. The summed E-state index contributed by atoms with van der Waals surface area (Å²) in [5.41, 5.74) is 2.28. The van der Waals surface area contributed by atoms with E-state index in [1.165, 1.54) is 0 Å². The van der Waals surface area contributed by atoms with Crippen LogP contribution < -0.4 is 16.4 Å². The molecule has 3 aromatic rings. The minimum atomic E-state index is -0.632. The molecule has 0 spiro atoms. The number of aromatic nitrogens is 2. The van der Waals surface area contributed by atoms with E-state index in [0.29, 0.717) is 41.1 Å². The van der Waals surface area contributed by atoms with Crippen LogP contribution in [0, 0.1) is 0 Å². The highest BCUT2D eigenvalue weighted by atomic mass is 35.5. The number of H-pyrrole nitrogens is 1. The quantitative estimate of drug-likeness (QED) is 0.498. The summed E-state index contributed by atoms with van der Waals surface area (Å²) < 4.78 is 10.5. The third-order valence-corrected chi connectivity index (χ3v) is 5.67. The maximum Gasteiger partial charge on any atom is 0.439 e. The van der Waals surface area contributed by atoms with E-state index >= 15 is 0 Å². The highest BCUT2D eigenvalue weighted by Gasteiger charge is 2.28. The van der Waals surface area contributed by atoms with E-state index in [-0.39, 0.29) is 36.9 Å². The molecule has 0 unspecified atom stereocenters. The Bertz CT molecular complexity index is 1130. The zero-order valence-electron chi connectivity index (χ0n) is 16.8. The lowest BCUT2D eigenvalue weighted by atomic mass is 10.0. The molecule has 1 aliphatic heterocycles. The van der Waals surface area contributed by atoms with Gasteiger partial charge in [-0.1, -0.05) is 52.6 Å². The predicted molar refractivity (Wildman–Crippen MR) is 123 cm³/mol. The van der Waals surface area contributed by atoms with Crippen LogP contribution in [0.4, 0.5) is 0 Å². The van der Waals surface area contributed by atoms with Crippen molar-refractivity contribution >= 4 is 41.5 Å². The van der Waals surface area contributed by atoms with Crippen molar-refractivity contribution in [2.24, 2.45) is 0 Å². The first-order valence-electron chi connectivity index (χ1n) is 9.71. The molecule has 8 nitrogen and oxygen atoms in total. The molecule has 32 heavy (non-hydrogen) atoms. The van der Waals surface area contributed by atoms with E-state index < -0.39 is 5.76 Å². The molecule has 0 radical (unpaired) electrons. The molecule has 0 bridgehead atoms. The lowest BCUT2D eigenvalue weighted by Gasteiger charge is -2.26. The van der Waals surface area contributed by atoms with E-state index in [0.717, 1.165) is 11.1 Å². The van der Waals surface area contributed by atoms with Crippen molar-refractivity contribution in [1.29, 1.82) is 0 Å². The van der Waals surface area contributed by atoms with Crippen LogP contribution in [-0.2, 0) is 16.0 Å². The third kappa shape index (κ3) is 5.90. The summed E-state index contributed by atoms with van der Waals surface area (Å²) in [6.45, 7) is 1.74. The largest absolute Gasteiger partial charge is 0.439 e. The molecular weight excluding hydrogens is 479 g/mol. The third-order valence-electron chi connectivity index (χ3n) is 4.93. The average Bonchev–Trinajstić information content (AvgIpc) is 3.05. The number of rotatable bonds is 5. The van der Waals surface area contributed by atoms with Gasteiger partial charge in [0.25, 0.3) is 0 Å². The summed E-state index contributed by atoms with van der Waals surface area (Å²) in [5.74, 6) is -0.478. The van der Waals surface area contributed by atoms with E-state index in [2.05, 4.69) is 25.3 Å². The smallest absolute Gasteiger partial charge is 0.370 e. The molecule has 1 saturated heterocycles. The Morgan fingerprint density at radius 3 is 2.78 bits per heavy atom. The average molecular weight is 500 g/mol. The van der Waals surface area contributed by atoms with E-state index in [4.69, 9.17) is 27.9 Å². The molecule has 4 rings (SSSR count). The fourth-order valence-electron chi connectivity index (χ4n) is 3.51. The predicted octanol–water partition coefficient (Wildman–Crippen LogP) is 3.15. The van der Waals surface area contributed by atoms with Crippen LogP contribution in [-0.4, -0.2) is 41.8 Å². The van der Waals surface area contributed by atoms with Gasteiger partial charge in [-0.25, -0.2) is 4.79 Å². The summed E-state index contributed by atoms with van der Waals surface area (Å²) in [6.07, 6.45) is -0.208. The summed E-state index contributed by atoms with van der Waals surface area (Å²) in [4.78, 5) is 26.5. The molecular formula is C21H21Cl3N4O4. The molecule has 2 heterocycles. The van der Waals surface area contributed by atoms with Crippen molar-refractivity contribution in [1.82, 2.24) is 20.8 Å². The number of amides is 1. The Kier molecular flexibility index (Phi) is 8.33. The molecule has 0 saturated carbocycles. The Morgan fingerprint density at radius 1 is 1.19 bits per heavy atom. The number of benzene rings is 2. The van der Waals surface area contributed by atoms with Crippen molar-refractivity contribution in [3.8, 4) is 11.4 Å². The van der Waals surface area contributed by atoms with Gasteiger partial charge in [0.15, 0.2) is 5.82 Å². The molecule has 3 N–H and O–H groups in total. The number of nitrogens with zero attached hydrogens (tertiary/aromatic N) is 1. The Hall–Kier alpha value is -2.36. The molecule has 1 aromatic heterocycles. The van der Waals surface area contributed by atoms with Crippen LogP contribution in [0.1, 0.15) is 17.2 Å². The van der Waals surface area contributed by atoms with Crippen LogP contribution in [0.25, 0.3) is 11.4 Å². The standard InChI is InChI=1S/C21H20Cl2N4O4.ClH/c22-15-5-4-13(10-16(15)23)19-17(11-24-6-7-30-19)25-18(28)9-12-2-1-3-14(8-12)20-26-21(29)31-27-20;/h1-5,8,10,17,19,24H,6-7,9,11H2,(H,25,28)(H,26,27,29);1H/t17-,19+;/m1./s1. The molecule has 2 aromatic carbocycles. The highest BCUT2D eigenvalue weighted by Crippen LogP contribution is 2.29. The zero-order chi connectivity index (χ0) is 21.8. The van der Waals surface area contributed by atoms with Gasteiger partial charge in [0, 0.05) is 18.7 Å². The molecule has 0 aliphatic carbocycles. The van der Waals surface area contributed by atoms with E-state index in [9.17, 15) is 9.59 Å². The van der Waals surface area contributed by atoms with Gasteiger partial charge in [-0.15, -0.1) is 12.4 Å².